The van der Waals surface area contributed by atoms with Gasteiger partial charge in [0.05, 0.1) is 6.10 Å². The van der Waals surface area contributed by atoms with Crippen LogP contribution in [-0.2, 0) is 0 Å². The van der Waals surface area contributed by atoms with Gasteiger partial charge in [0.2, 0.25) is 0 Å². The van der Waals surface area contributed by atoms with E-state index in [0.29, 0.717) is 29.8 Å². The van der Waals surface area contributed by atoms with Gasteiger partial charge in [-0.1, -0.05) is 13.8 Å². The van der Waals surface area contributed by atoms with Gasteiger partial charge in [-0.15, -0.1) is 0 Å². The lowest BCUT2D eigenvalue weighted by atomic mass is 10.00. The van der Waals surface area contributed by atoms with Crippen molar-refractivity contribution in [1.82, 2.24) is 9.88 Å². The van der Waals surface area contributed by atoms with Crippen LogP contribution in [0.2, 0.25) is 0 Å². The Balaban J connectivity index is 1.77. The maximum Gasteiger partial charge on any atom is 0.276 e. The number of aromatic nitrogens is 1. The van der Waals surface area contributed by atoms with Gasteiger partial charge in [-0.25, -0.2) is 4.98 Å². The molecule has 2 heterocycles. The summed E-state index contributed by atoms with van der Waals surface area (Å²) in [5.74, 6) is 2.03. The number of carbonyl (C=O) groups excluding carboxylic acids is 1. The molecule has 20 heavy (non-hydrogen) atoms. The first-order chi connectivity index (χ1) is 9.47. The summed E-state index contributed by atoms with van der Waals surface area (Å²) >= 11 is 0. The lowest BCUT2D eigenvalue weighted by molar-refractivity contribution is 0.0745. The Morgan fingerprint density at radius 3 is 2.75 bits per heavy atom. The average molecular weight is 278 g/mol. The third kappa shape index (κ3) is 2.14. The molecule has 0 radical (unpaired) electrons. The molecule has 1 aromatic rings. The van der Waals surface area contributed by atoms with Gasteiger partial charge in [0, 0.05) is 24.9 Å². The van der Waals surface area contributed by atoms with Crippen molar-refractivity contribution in [1.29, 1.82) is 0 Å². The highest BCUT2D eigenvalue weighted by Crippen LogP contribution is 2.38. The Morgan fingerprint density at radius 1 is 1.40 bits per heavy atom. The van der Waals surface area contributed by atoms with Crippen LogP contribution in [0.25, 0.3) is 0 Å². The number of fused-ring (bicyclic) bond motifs is 1. The summed E-state index contributed by atoms with van der Waals surface area (Å²) in [6, 6.07) is 0. The van der Waals surface area contributed by atoms with E-state index in [1.54, 1.807) is 6.92 Å². The molecule has 110 valence electrons. The van der Waals surface area contributed by atoms with Gasteiger partial charge < -0.3 is 14.4 Å². The molecule has 5 nitrogen and oxygen atoms in total. The van der Waals surface area contributed by atoms with E-state index in [2.05, 4.69) is 4.98 Å². The Morgan fingerprint density at radius 2 is 2.15 bits per heavy atom. The lowest BCUT2D eigenvalue weighted by Gasteiger charge is -2.17. The van der Waals surface area contributed by atoms with Crippen LogP contribution in [0.4, 0.5) is 0 Å². The molecule has 0 aromatic carbocycles. The van der Waals surface area contributed by atoms with E-state index in [0.717, 1.165) is 19.4 Å². The van der Waals surface area contributed by atoms with Crippen molar-refractivity contribution in [3.8, 4) is 0 Å². The van der Waals surface area contributed by atoms with Gasteiger partial charge in [0.15, 0.2) is 11.6 Å². The molecule has 1 amide bonds. The Kier molecular flexibility index (Phi) is 3.32. The maximum atomic E-state index is 12.6. The zero-order valence-corrected chi connectivity index (χ0v) is 12.3. The fraction of sp³-hybridized carbons (Fsp3) is 0.733. The van der Waals surface area contributed by atoms with E-state index in [4.69, 9.17) is 4.42 Å². The molecule has 3 rings (SSSR count). The Labute approximate surface area is 119 Å². The second-order valence-electron chi connectivity index (χ2n) is 6.39. The van der Waals surface area contributed by atoms with Crippen LogP contribution in [0.3, 0.4) is 0 Å². The summed E-state index contributed by atoms with van der Waals surface area (Å²) in [6.45, 7) is 7.17. The number of aliphatic hydroxyl groups is 1. The maximum absolute atomic E-state index is 12.6. The number of oxazole rings is 1. The number of nitrogens with zero attached hydrogens (tertiary/aromatic N) is 2. The number of aryl methyl sites for hydroxylation is 1. The number of rotatable bonds is 2. The summed E-state index contributed by atoms with van der Waals surface area (Å²) in [5.41, 5.74) is 0.433. The average Bonchev–Trinajstić information content (AvgIpc) is 3.05. The number of amides is 1. The van der Waals surface area contributed by atoms with Crippen molar-refractivity contribution in [2.75, 3.05) is 13.1 Å². The molecule has 5 heteroatoms. The largest absolute Gasteiger partial charge is 0.445 e. The van der Waals surface area contributed by atoms with Crippen LogP contribution in [0, 0.1) is 18.8 Å². The van der Waals surface area contributed by atoms with Gasteiger partial charge in [-0.05, 0) is 25.7 Å². The van der Waals surface area contributed by atoms with Crippen molar-refractivity contribution < 1.29 is 14.3 Å². The minimum atomic E-state index is -0.248. The van der Waals surface area contributed by atoms with Crippen molar-refractivity contribution in [3.63, 3.8) is 0 Å². The standard InChI is InChI=1S/C15H22N2O3/c1-8(2)14-16-13(9(3)20-14)15(19)17-6-10-4-5-12(18)11(10)7-17/h8,10-12,18H,4-7H2,1-3H3. The van der Waals surface area contributed by atoms with E-state index >= 15 is 0 Å². The second kappa shape index (κ2) is 4.88. The summed E-state index contributed by atoms with van der Waals surface area (Å²) < 4.78 is 5.56. The van der Waals surface area contributed by atoms with E-state index in [1.165, 1.54) is 0 Å². The molecule has 1 aromatic heterocycles. The minimum Gasteiger partial charge on any atom is -0.445 e. The van der Waals surface area contributed by atoms with Crippen molar-refractivity contribution in [2.45, 2.75) is 45.6 Å². The highest BCUT2D eigenvalue weighted by molar-refractivity contribution is 5.93. The fourth-order valence-electron chi connectivity index (χ4n) is 3.41. The topological polar surface area (TPSA) is 66.6 Å². The molecule has 1 aliphatic carbocycles. The Hall–Kier alpha value is -1.36. The normalized spacial score (nSPS) is 29.2. The van der Waals surface area contributed by atoms with Crippen molar-refractivity contribution in [3.05, 3.63) is 17.3 Å². The molecule has 0 bridgehead atoms. The van der Waals surface area contributed by atoms with Crippen LogP contribution in [-0.4, -0.2) is 40.1 Å². The number of likely N-dealkylation sites (tertiary alicyclic amines) is 1. The first-order valence-electron chi connectivity index (χ1n) is 7.42. The fourth-order valence-corrected chi connectivity index (χ4v) is 3.41. The highest BCUT2D eigenvalue weighted by Gasteiger charge is 2.44. The van der Waals surface area contributed by atoms with Gasteiger partial charge in [-0.2, -0.15) is 0 Å². The Bertz CT molecular complexity index is 523. The molecule has 3 atom stereocenters. The van der Waals surface area contributed by atoms with E-state index < -0.39 is 0 Å². The molecule has 1 aliphatic heterocycles. The van der Waals surface area contributed by atoms with Crippen LogP contribution in [0.5, 0.6) is 0 Å². The number of aliphatic hydroxyl groups excluding tert-OH is 1. The third-order valence-electron chi connectivity index (χ3n) is 4.62. The first kappa shape index (κ1) is 13.6. The minimum absolute atomic E-state index is 0.0558. The number of hydrogen-bond donors (Lipinski definition) is 1. The quantitative estimate of drug-likeness (QED) is 0.898. The third-order valence-corrected chi connectivity index (χ3v) is 4.62. The van der Waals surface area contributed by atoms with Gasteiger partial charge in [0.25, 0.3) is 5.91 Å². The summed E-state index contributed by atoms with van der Waals surface area (Å²) in [4.78, 5) is 18.7. The first-order valence-corrected chi connectivity index (χ1v) is 7.42. The van der Waals surface area contributed by atoms with E-state index in [9.17, 15) is 9.90 Å². The number of carbonyl (C=O) groups is 1. The molecule has 0 spiro atoms. The van der Waals surface area contributed by atoms with Crippen molar-refractivity contribution in [2.24, 2.45) is 11.8 Å². The second-order valence-corrected chi connectivity index (χ2v) is 6.39. The van der Waals surface area contributed by atoms with Gasteiger partial charge in [-0.3, -0.25) is 4.79 Å². The zero-order valence-electron chi connectivity index (χ0n) is 12.3. The predicted molar refractivity (Wildman–Crippen MR) is 73.5 cm³/mol. The molecule has 1 N–H and O–H groups in total. The summed E-state index contributed by atoms with van der Waals surface area (Å²) in [7, 11) is 0. The molecular weight excluding hydrogens is 256 g/mol. The molecule has 3 unspecified atom stereocenters. The van der Waals surface area contributed by atoms with Gasteiger partial charge in [0.1, 0.15) is 5.76 Å². The van der Waals surface area contributed by atoms with E-state index in [1.807, 2.05) is 18.7 Å². The van der Waals surface area contributed by atoms with Gasteiger partial charge >= 0.3 is 0 Å². The molecule has 1 saturated carbocycles. The predicted octanol–water partition coefficient (Wildman–Crippen LogP) is 1.95. The molecular formula is C15H22N2O3. The van der Waals surface area contributed by atoms with E-state index in [-0.39, 0.29) is 23.8 Å². The van der Waals surface area contributed by atoms with Crippen LogP contribution in [0.15, 0.2) is 4.42 Å². The summed E-state index contributed by atoms with van der Waals surface area (Å²) in [5, 5.41) is 9.93. The zero-order chi connectivity index (χ0) is 14.4. The monoisotopic (exact) mass is 278 g/mol. The van der Waals surface area contributed by atoms with Crippen molar-refractivity contribution >= 4 is 5.91 Å². The van der Waals surface area contributed by atoms with Crippen LogP contribution in [0.1, 0.15) is 54.7 Å². The summed E-state index contributed by atoms with van der Waals surface area (Å²) in [6.07, 6.45) is 1.64. The molecule has 2 aliphatic rings. The smallest absolute Gasteiger partial charge is 0.276 e. The highest BCUT2D eigenvalue weighted by atomic mass is 16.4. The molecule has 2 fully saturated rings. The number of hydrogen-bond acceptors (Lipinski definition) is 4. The van der Waals surface area contributed by atoms with Crippen LogP contribution >= 0.6 is 0 Å². The van der Waals surface area contributed by atoms with Crippen LogP contribution < -0.4 is 0 Å². The SMILES string of the molecule is Cc1oc(C(C)C)nc1C(=O)N1CC2CCC(O)C2C1. The lowest BCUT2D eigenvalue weighted by Crippen LogP contribution is -2.31. The molecule has 1 saturated heterocycles.